The molecule has 0 aliphatic heterocycles. The van der Waals surface area contributed by atoms with Gasteiger partial charge in [0.1, 0.15) is 5.75 Å². The van der Waals surface area contributed by atoms with E-state index in [1.807, 2.05) is 45.0 Å². The Labute approximate surface area is 136 Å². The maximum atomic E-state index is 12.3. The Hall–Kier alpha value is -2.00. The van der Waals surface area contributed by atoms with Crippen molar-refractivity contribution >= 4 is 23.2 Å². The van der Waals surface area contributed by atoms with Crippen LogP contribution in [0.15, 0.2) is 36.4 Å². The van der Waals surface area contributed by atoms with Crippen molar-refractivity contribution in [2.24, 2.45) is 0 Å². The van der Waals surface area contributed by atoms with Crippen molar-refractivity contribution in [3.63, 3.8) is 0 Å². The summed E-state index contributed by atoms with van der Waals surface area (Å²) in [5.74, 6) is 0.482. The Morgan fingerprint density at radius 1 is 1.14 bits per heavy atom. The molecule has 0 saturated heterocycles. The smallest absolute Gasteiger partial charge is 0.265 e. The average molecular weight is 318 g/mol. The molecule has 22 heavy (non-hydrogen) atoms. The van der Waals surface area contributed by atoms with E-state index in [1.165, 1.54) is 0 Å². The molecule has 1 atom stereocenters. The second-order valence-corrected chi connectivity index (χ2v) is 5.84. The fourth-order valence-corrected chi connectivity index (χ4v) is 2.34. The Bertz CT molecular complexity index is 697. The molecule has 0 saturated carbocycles. The van der Waals surface area contributed by atoms with Gasteiger partial charge >= 0.3 is 0 Å². The number of hydrogen-bond acceptors (Lipinski definition) is 2. The van der Waals surface area contributed by atoms with Gasteiger partial charge in [-0.1, -0.05) is 23.7 Å². The third-order valence-corrected chi connectivity index (χ3v) is 3.91. The minimum Gasteiger partial charge on any atom is -0.481 e. The predicted octanol–water partition coefficient (Wildman–Crippen LogP) is 4.67. The Morgan fingerprint density at radius 3 is 2.55 bits per heavy atom. The van der Waals surface area contributed by atoms with Gasteiger partial charge in [-0.05, 0) is 68.7 Å². The molecule has 2 aromatic rings. The molecule has 1 amide bonds. The van der Waals surface area contributed by atoms with Crippen molar-refractivity contribution in [1.29, 1.82) is 0 Å². The van der Waals surface area contributed by atoms with Crippen molar-refractivity contribution in [3.05, 3.63) is 58.1 Å². The molecular formula is C18H20ClNO2. The predicted molar refractivity (Wildman–Crippen MR) is 90.8 cm³/mol. The average Bonchev–Trinajstić information content (AvgIpc) is 2.46. The van der Waals surface area contributed by atoms with Gasteiger partial charge in [-0.3, -0.25) is 4.79 Å². The van der Waals surface area contributed by atoms with Crippen molar-refractivity contribution in [3.8, 4) is 5.75 Å². The summed E-state index contributed by atoms with van der Waals surface area (Å²) in [5, 5.41) is 3.56. The van der Waals surface area contributed by atoms with Crippen LogP contribution in [-0.4, -0.2) is 12.0 Å². The summed E-state index contributed by atoms with van der Waals surface area (Å²) in [6.07, 6.45) is -0.597. The molecule has 0 fully saturated rings. The molecule has 0 heterocycles. The van der Waals surface area contributed by atoms with Gasteiger partial charge in [-0.2, -0.15) is 0 Å². The quantitative estimate of drug-likeness (QED) is 0.889. The number of nitrogens with one attached hydrogen (secondary N) is 1. The summed E-state index contributed by atoms with van der Waals surface area (Å²) >= 11 is 5.92. The van der Waals surface area contributed by atoms with Crippen molar-refractivity contribution in [1.82, 2.24) is 0 Å². The highest BCUT2D eigenvalue weighted by Gasteiger charge is 2.17. The number of carbonyl (C=O) groups excluding carboxylic acids is 1. The standard InChI is InChI=1S/C18H20ClNO2/c1-11-6-5-7-16(13(11)3)20-18(21)14(4)22-17-9-8-15(19)10-12(17)2/h5-10,14H,1-4H3,(H,20,21). The van der Waals surface area contributed by atoms with Gasteiger partial charge in [0.25, 0.3) is 5.91 Å². The lowest BCUT2D eigenvalue weighted by Gasteiger charge is -2.17. The molecule has 2 rings (SSSR count). The van der Waals surface area contributed by atoms with Gasteiger partial charge in [0, 0.05) is 10.7 Å². The number of rotatable bonds is 4. The summed E-state index contributed by atoms with van der Waals surface area (Å²) in [5.41, 5.74) is 3.91. The lowest BCUT2D eigenvalue weighted by molar-refractivity contribution is -0.122. The van der Waals surface area contributed by atoms with Gasteiger partial charge in [0.05, 0.1) is 0 Å². The zero-order valence-electron chi connectivity index (χ0n) is 13.2. The molecule has 4 heteroatoms. The number of amides is 1. The fraction of sp³-hybridized carbons (Fsp3) is 0.278. The lowest BCUT2D eigenvalue weighted by atomic mass is 10.1. The molecule has 0 aliphatic rings. The van der Waals surface area contributed by atoms with E-state index >= 15 is 0 Å². The SMILES string of the molecule is Cc1cc(Cl)ccc1OC(C)C(=O)Nc1cccc(C)c1C. The number of carbonyl (C=O) groups is 1. The maximum absolute atomic E-state index is 12.3. The largest absolute Gasteiger partial charge is 0.481 e. The zero-order valence-corrected chi connectivity index (χ0v) is 14.0. The molecule has 1 N–H and O–H groups in total. The topological polar surface area (TPSA) is 38.3 Å². The second kappa shape index (κ2) is 6.84. The summed E-state index contributed by atoms with van der Waals surface area (Å²) in [6.45, 7) is 7.63. The van der Waals surface area contributed by atoms with Crippen LogP contribution in [0.4, 0.5) is 5.69 Å². The summed E-state index contributed by atoms with van der Waals surface area (Å²) < 4.78 is 5.73. The van der Waals surface area contributed by atoms with Crippen LogP contribution in [0, 0.1) is 20.8 Å². The van der Waals surface area contributed by atoms with Crippen LogP contribution in [0.3, 0.4) is 0 Å². The van der Waals surface area contributed by atoms with Crippen LogP contribution < -0.4 is 10.1 Å². The highest BCUT2D eigenvalue weighted by molar-refractivity contribution is 6.30. The molecule has 2 aromatic carbocycles. The molecule has 116 valence electrons. The second-order valence-electron chi connectivity index (χ2n) is 5.41. The minimum atomic E-state index is -0.597. The number of anilines is 1. The van der Waals surface area contributed by atoms with E-state index in [0.717, 1.165) is 22.4 Å². The minimum absolute atomic E-state index is 0.178. The summed E-state index contributed by atoms with van der Waals surface area (Å²) in [6, 6.07) is 11.2. The first-order chi connectivity index (χ1) is 10.4. The van der Waals surface area contributed by atoms with Crippen LogP contribution in [-0.2, 0) is 4.79 Å². The van der Waals surface area contributed by atoms with E-state index in [0.29, 0.717) is 10.8 Å². The highest BCUT2D eigenvalue weighted by Crippen LogP contribution is 2.23. The van der Waals surface area contributed by atoms with E-state index in [2.05, 4.69) is 5.32 Å². The Kier molecular flexibility index (Phi) is 5.09. The lowest BCUT2D eigenvalue weighted by Crippen LogP contribution is -2.30. The van der Waals surface area contributed by atoms with Gasteiger partial charge in [0.15, 0.2) is 6.10 Å². The Morgan fingerprint density at radius 2 is 1.86 bits per heavy atom. The normalized spacial score (nSPS) is 11.9. The molecule has 0 radical (unpaired) electrons. The number of halogens is 1. The maximum Gasteiger partial charge on any atom is 0.265 e. The van der Waals surface area contributed by atoms with Crippen molar-refractivity contribution < 1.29 is 9.53 Å². The molecule has 3 nitrogen and oxygen atoms in total. The number of ether oxygens (including phenoxy) is 1. The van der Waals surface area contributed by atoms with Crippen LogP contribution >= 0.6 is 11.6 Å². The van der Waals surface area contributed by atoms with Crippen molar-refractivity contribution in [2.45, 2.75) is 33.8 Å². The first-order valence-electron chi connectivity index (χ1n) is 7.18. The molecule has 0 aromatic heterocycles. The third kappa shape index (κ3) is 3.80. The van der Waals surface area contributed by atoms with Crippen LogP contribution in [0.2, 0.25) is 5.02 Å². The monoisotopic (exact) mass is 317 g/mol. The van der Waals surface area contributed by atoms with Crippen molar-refractivity contribution in [2.75, 3.05) is 5.32 Å². The molecule has 0 aliphatic carbocycles. The fourth-order valence-electron chi connectivity index (χ4n) is 2.11. The number of hydrogen-bond donors (Lipinski definition) is 1. The molecular weight excluding hydrogens is 298 g/mol. The zero-order chi connectivity index (χ0) is 16.3. The highest BCUT2D eigenvalue weighted by atomic mass is 35.5. The third-order valence-electron chi connectivity index (χ3n) is 3.67. The van der Waals surface area contributed by atoms with E-state index in [1.54, 1.807) is 19.1 Å². The van der Waals surface area contributed by atoms with Gasteiger partial charge in [-0.25, -0.2) is 0 Å². The Balaban J connectivity index is 2.07. The van der Waals surface area contributed by atoms with Crippen LogP contribution in [0.5, 0.6) is 5.75 Å². The van der Waals surface area contributed by atoms with E-state index < -0.39 is 6.10 Å². The molecule has 0 bridgehead atoms. The van der Waals surface area contributed by atoms with E-state index in [9.17, 15) is 4.79 Å². The van der Waals surface area contributed by atoms with Gasteiger partial charge in [-0.15, -0.1) is 0 Å². The van der Waals surface area contributed by atoms with Crippen LogP contribution in [0.1, 0.15) is 23.6 Å². The summed E-state index contributed by atoms with van der Waals surface area (Å²) in [7, 11) is 0. The first-order valence-corrected chi connectivity index (χ1v) is 7.56. The molecule has 1 unspecified atom stereocenters. The van der Waals surface area contributed by atoms with Gasteiger partial charge in [0.2, 0.25) is 0 Å². The number of aryl methyl sites for hydroxylation is 2. The van der Waals surface area contributed by atoms with E-state index in [-0.39, 0.29) is 5.91 Å². The van der Waals surface area contributed by atoms with Gasteiger partial charge < -0.3 is 10.1 Å². The first kappa shape index (κ1) is 16.4. The number of benzene rings is 2. The van der Waals surface area contributed by atoms with Crippen LogP contribution in [0.25, 0.3) is 0 Å². The summed E-state index contributed by atoms with van der Waals surface area (Å²) in [4.78, 5) is 12.3. The van der Waals surface area contributed by atoms with E-state index in [4.69, 9.17) is 16.3 Å². The molecule has 0 spiro atoms.